The number of aromatic nitrogens is 2. The summed E-state index contributed by atoms with van der Waals surface area (Å²) in [4.78, 5) is 27.8. The van der Waals surface area contributed by atoms with E-state index >= 15 is 0 Å². The molecular weight excluding hydrogens is 388 g/mol. The number of benzene rings is 2. The second-order valence-corrected chi connectivity index (χ2v) is 8.95. The molecule has 164 valence electrons. The average molecular weight is 421 g/mol. The minimum Gasteiger partial charge on any atom is -0.354 e. The molecule has 0 radical (unpaired) electrons. The highest BCUT2D eigenvalue weighted by Gasteiger charge is 2.30. The molecule has 1 amide bonds. The molecule has 2 heterocycles. The molecule has 0 saturated carbocycles. The fraction of sp³-hybridized carbons (Fsp3) is 0.440. The third kappa shape index (κ3) is 4.30. The van der Waals surface area contributed by atoms with E-state index in [1.165, 1.54) is 11.1 Å². The monoisotopic (exact) mass is 420 g/mol. The van der Waals surface area contributed by atoms with Crippen LogP contribution < -0.4 is 11.0 Å². The molecule has 0 fully saturated rings. The van der Waals surface area contributed by atoms with Crippen LogP contribution in [0.15, 0.2) is 53.3 Å². The summed E-state index contributed by atoms with van der Waals surface area (Å²) in [5, 5.41) is 3.10. The first-order valence-corrected chi connectivity index (χ1v) is 11.2. The smallest absolute Gasteiger partial charge is 0.329 e. The Kier molecular flexibility index (Phi) is 6.01. The molecule has 6 heteroatoms. The van der Waals surface area contributed by atoms with Gasteiger partial charge in [0, 0.05) is 44.7 Å². The van der Waals surface area contributed by atoms with Gasteiger partial charge in [0.15, 0.2) is 0 Å². The third-order valence-electron chi connectivity index (χ3n) is 6.51. The Morgan fingerprint density at radius 2 is 1.65 bits per heavy atom. The molecule has 6 nitrogen and oxygen atoms in total. The molecule has 4 rings (SSSR count). The first-order chi connectivity index (χ1) is 14.9. The molecule has 0 saturated heterocycles. The highest BCUT2D eigenvalue weighted by Crippen LogP contribution is 2.25. The van der Waals surface area contributed by atoms with E-state index in [-0.39, 0.29) is 23.6 Å². The summed E-state index contributed by atoms with van der Waals surface area (Å²) in [6.45, 7) is 9.81. The van der Waals surface area contributed by atoms with Crippen molar-refractivity contribution in [3.63, 3.8) is 0 Å². The molecule has 0 atom stereocenters. The summed E-state index contributed by atoms with van der Waals surface area (Å²) in [6, 6.07) is 16.4. The maximum Gasteiger partial charge on any atom is 0.329 e. The molecular formula is C25H32N4O2. The van der Waals surface area contributed by atoms with Gasteiger partial charge in [-0.05, 0) is 50.5 Å². The van der Waals surface area contributed by atoms with Gasteiger partial charge in [0.1, 0.15) is 0 Å². The average Bonchev–Trinajstić information content (AvgIpc) is 3.06. The number of amides is 1. The van der Waals surface area contributed by atoms with Crippen molar-refractivity contribution in [1.82, 2.24) is 19.4 Å². The summed E-state index contributed by atoms with van der Waals surface area (Å²) < 4.78 is 3.47. The fourth-order valence-corrected chi connectivity index (χ4v) is 4.53. The molecule has 1 N–H and O–H groups in total. The Hall–Kier alpha value is -2.86. The normalized spacial score (nSPS) is 14.5. The van der Waals surface area contributed by atoms with Gasteiger partial charge in [0.05, 0.1) is 11.0 Å². The number of hydrogen-bond acceptors (Lipinski definition) is 3. The van der Waals surface area contributed by atoms with Gasteiger partial charge in [-0.15, -0.1) is 0 Å². The van der Waals surface area contributed by atoms with Crippen LogP contribution in [-0.2, 0) is 30.8 Å². The maximum absolute atomic E-state index is 12.7. The van der Waals surface area contributed by atoms with Gasteiger partial charge >= 0.3 is 5.69 Å². The number of fused-ring (bicyclic) bond motifs is 2. The second kappa shape index (κ2) is 8.71. The minimum atomic E-state index is -0.141. The zero-order valence-corrected chi connectivity index (χ0v) is 18.7. The van der Waals surface area contributed by atoms with E-state index in [1.54, 1.807) is 9.13 Å². The van der Waals surface area contributed by atoms with E-state index < -0.39 is 0 Å². The molecule has 0 spiro atoms. The van der Waals surface area contributed by atoms with Crippen molar-refractivity contribution in [1.29, 1.82) is 0 Å². The Morgan fingerprint density at radius 3 is 2.35 bits per heavy atom. The first kappa shape index (κ1) is 21.4. The molecule has 1 aliphatic heterocycles. The van der Waals surface area contributed by atoms with E-state index in [0.29, 0.717) is 19.6 Å². The Bertz CT molecular complexity index is 1140. The van der Waals surface area contributed by atoms with E-state index in [0.717, 1.165) is 30.5 Å². The van der Waals surface area contributed by atoms with Gasteiger partial charge in [0.2, 0.25) is 5.91 Å². The molecule has 31 heavy (non-hydrogen) atoms. The number of aryl methyl sites for hydroxylation is 2. The number of carbonyl (C=O) groups excluding carboxylic acids is 1. The van der Waals surface area contributed by atoms with Crippen LogP contribution in [0.5, 0.6) is 0 Å². The maximum atomic E-state index is 12.7. The van der Waals surface area contributed by atoms with E-state index in [9.17, 15) is 9.59 Å². The standard InChI is InChI=1S/C25H32N4O2/c1-4-28-21-11-7-8-12-22(21)29(24(28)31)16-14-23(30)26-18-25(2,3)27-15-13-19-9-5-6-10-20(19)17-27/h5-12H,4,13-18H2,1-3H3,(H,26,30). The van der Waals surface area contributed by atoms with Gasteiger partial charge in [-0.2, -0.15) is 0 Å². The van der Waals surface area contributed by atoms with Crippen molar-refractivity contribution in [2.24, 2.45) is 0 Å². The van der Waals surface area contributed by atoms with Crippen LogP contribution in [0, 0.1) is 0 Å². The van der Waals surface area contributed by atoms with Gasteiger partial charge < -0.3 is 5.32 Å². The Labute approximate surface area is 183 Å². The fourth-order valence-electron chi connectivity index (χ4n) is 4.53. The van der Waals surface area contributed by atoms with E-state index in [4.69, 9.17) is 0 Å². The minimum absolute atomic E-state index is 0.0225. The molecule has 1 aliphatic rings. The first-order valence-electron chi connectivity index (χ1n) is 11.2. The van der Waals surface area contributed by atoms with Gasteiger partial charge in [0.25, 0.3) is 0 Å². The second-order valence-electron chi connectivity index (χ2n) is 8.95. The predicted octanol–water partition coefficient (Wildman–Crippen LogP) is 3.17. The van der Waals surface area contributed by atoms with Crippen LogP contribution in [0.2, 0.25) is 0 Å². The number of hydrogen-bond donors (Lipinski definition) is 1. The predicted molar refractivity (Wildman–Crippen MR) is 124 cm³/mol. The lowest BCUT2D eigenvalue weighted by Gasteiger charge is -2.41. The van der Waals surface area contributed by atoms with Crippen molar-refractivity contribution in [2.45, 2.75) is 58.8 Å². The van der Waals surface area contributed by atoms with Crippen LogP contribution >= 0.6 is 0 Å². The van der Waals surface area contributed by atoms with Crippen LogP contribution in [0.4, 0.5) is 0 Å². The Morgan fingerprint density at radius 1 is 1.00 bits per heavy atom. The van der Waals surface area contributed by atoms with Crippen LogP contribution in [0.25, 0.3) is 11.0 Å². The van der Waals surface area contributed by atoms with Gasteiger partial charge in [-0.3, -0.25) is 18.8 Å². The summed E-state index contributed by atoms with van der Waals surface area (Å²) >= 11 is 0. The summed E-state index contributed by atoms with van der Waals surface area (Å²) in [6.07, 6.45) is 1.33. The number of imidazole rings is 1. The number of rotatable bonds is 7. The molecule has 0 aliphatic carbocycles. The topological polar surface area (TPSA) is 59.3 Å². The van der Waals surface area contributed by atoms with Crippen molar-refractivity contribution < 1.29 is 4.79 Å². The molecule has 2 aromatic carbocycles. The van der Waals surface area contributed by atoms with Crippen molar-refractivity contribution in [2.75, 3.05) is 13.1 Å². The lowest BCUT2D eigenvalue weighted by molar-refractivity contribution is -0.121. The van der Waals surface area contributed by atoms with E-state index in [2.05, 4.69) is 48.3 Å². The molecule has 3 aromatic rings. The number of nitrogens with zero attached hydrogens (tertiary/aromatic N) is 3. The largest absolute Gasteiger partial charge is 0.354 e. The highest BCUT2D eigenvalue weighted by atomic mass is 16.2. The number of carbonyl (C=O) groups is 1. The Balaban J connectivity index is 1.36. The number of nitrogens with one attached hydrogen (secondary N) is 1. The summed E-state index contributed by atoms with van der Waals surface area (Å²) in [7, 11) is 0. The van der Waals surface area contributed by atoms with Crippen molar-refractivity contribution in [3.05, 3.63) is 70.1 Å². The highest BCUT2D eigenvalue weighted by molar-refractivity contribution is 5.78. The molecule has 1 aromatic heterocycles. The van der Waals surface area contributed by atoms with Gasteiger partial charge in [-0.1, -0.05) is 36.4 Å². The summed E-state index contributed by atoms with van der Waals surface area (Å²) in [5.41, 5.74) is 4.41. The van der Waals surface area contributed by atoms with Crippen molar-refractivity contribution >= 4 is 16.9 Å². The summed E-state index contributed by atoms with van der Waals surface area (Å²) in [5.74, 6) is -0.0225. The van der Waals surface area contributed by atoms with Crippen LogP contribution in [-0.4, -0.2) is 38.6 Å². The SMILES string of the molecule is CCn1c(=O)n(CCC(=O)NCC(C)(C)N2CCc3ccccc3C2)c2ccccc21. The lowest BCUT2D eigenvalue weighted by Crippen LogP contribution is -2.53. The quantitative estimate of drug-likeness (QED) is 0.639. The van der Waals surface area contributed by atoms with Crippen LogP contribution in [0.1, 0.15) is 38.3 Å². The zero-order valence-electron chi connectivity index (χ0n) is 18.7. The zero-order chi connectivity index (χ0) is 22.0. The molecule has 0 bridgehead atoms. The lowest BCUT2D eigenvalue weighted by atomic mass is 9.94. The third-order valence-corrected chi connectivity index (χ3v) is 6.51. The van der Waals surface area contributed by atoms with E-state index in [1.807, 2.05) is 31.2 Å². The van der Waals surface area contributed by atoms with Gasteiger partial charge in [-0.25, -0.2) is 4.79 Å². The van der Waals surface area contributed by atoms with Crippen LogP contribution in [0.3, 0.4) is 0 Å². The number of para-hydroxylation sites is 2. The van der Waals surface area contributed by atoms with Crippen molar-refractivity contribution in [3.8, 4) is 0 Å². The molecule has 0 unspecified atom stereocenters.